The van der Waals surface area contributed by atoms with E-state index in [4.69, 9.17) is 5.26 Å². The molecule has 1 aromatic carbocycles. The highest BCUT2D eigenvalue weighted by Gasteiger charge is 2.14. The summed E-state index contributed by atoms with van der Waals surface area (Å²) in [7, 11) is 0. The van der Waals surface area contributed by atoms with Gasteiger partial charge in [0.25, 0.3) is 0 Å². The zero-order chi connectivity index (χ0) is 10.0. The molecule has 0 spiro atoms. The SMILES string of the molecule is N#CCc1c(F)c(Br)cc(F)c1Br. The predicted octanol–water partition coefficient (Wildman–Crippen LogP) is 3.56. The lowest BCUT2D eigenvalue weighted by atomic mass is 10.1. The Morgan fingerprint density at radius 3 is 2.54 bits per heavy atom. The summed E-state index contributed by atoms with van der Waals surface area (Å²) in [5.41, 5.74) is 0.0365. The van der Waals surface area contributed by atoms with Gasteiger partial charge in [-0.25, -0.2) is 8.78 Å². The second-order valence-electron chi connectivity index (χ2n) is 2.28. The zero-order valence-electron chi connectivity index (χ0n) is 6.24. The Hall–Kier alpha value is -0.470. The summed E-state index contributed by atoms with van der Waals surface area (Å²) in [6, 6.07) is 2.78. The first-order chi connectivity index (χ1) is 6.07. The van der Waals surface area contributed by atoms with Crippen molar-refractivity contribution in [2.75, 3.05) is 0 Å². The van der Waals surface area contributed by atoms with Crippen molar-refractivity contribution in [2.24, 2.45) is 0 Å². The third kappa shape index (κ3) is 2.06. The highest BCUT2D eigenvalue weighted by Crippen LogP contribution is 2.29. The second-order valence-corrected chi connectivity index (χ2v) is 3.93. The summed E-state index contributed by atoms with van der Waals surface area (Å²) < 4.78 is 26.3. The van der Waals surface area contributed by atoms with Crippen LogP contribution in [0.3, 0.4) is 0 Å². The summed E-state index contributed by atoms with van der Waals surface area (Å²) in [6.07, 6.45) is -0.164. The van der Waals surface area contributed by atoms with Crippen LogP contribution in [0, 0.1) is 23.0 Å². The van der Waals surface area contributed by atoms with Crippen LogP contribution in [0.1, 0.15) is 5.56 Å². The van der Waals surface area contributed by atoms with Gasteiger partial charge in [0.15, 0.2) is 0 Å². The van der Waals surface area contributed by atoms with Gasteiger partial charge in [0.2, 0.25) is 0 Å². The van der Waals surface area contributed by atoms with Gasteiger partial charge in [-0.15, -0.1) is 0 Å². The van der Waals surface area contributed by atoms with E-state index in [1.54, 1.807) is 6.07 Å². The number of nitrogens with zero attached hydrogens (tertiary/aromatic N) is 1. The molecule has 0 saturated carbocycles. The quantitative estimate of drug-likeness (QED) is 0.728. The Balaban J connectivity index is 3.39. The first-order valence-electron chi connectivity index (χ1n) is 3.26. The Morgan fingerprint density at radius 2 is 2.00 bits per heavy atom. The van der Waals surface area contributed by atoms with E-state index in [-0.39, 0.29) is 20.9 Å². The van der Waals surface area contributed by atoms with E-state index in [1.807, 2.05) is 0 Å². The highest BCUT2D eigenvalue weighted by atomic mass is 79.9. The fourth-order valence-corrected chi connectivity index (χ4v) is 1.73. The largest absolute Gasteiger partial charge is 0.206 e. The van der Waals surface area contributed by atoms with Gasteiger partial charge in [-0.05, 0) is 37.9 Å². The van der Waals surface area contributed by atoms with Gasteiger partial charge in [-0.1, -0.05) is 0 Å². The molecule has 0 bridgehead atoms. The molecule has 0 aliphatic heterocycles. The summed E-state index contributed by atoms with van der Waals surface area (Å²) in [4.78, 5) is 0. The van der Waals surface area contributed by atoms with Crippen molar-refractivity contribution in [3.8, 4) is 6.07 Å². The van der Waals surface area contributed by atoms with Crippen LogP contribution in [0.4, 0.5) is 8.78 Å². The minimum atomic E-state index is -0.602. The van der Waals surface area contributed by atoms with Crippen LogP contribution in [0.5, 0.6) is 0 Å². The molecule has 5 heteroatoms. The van der Waals surface area contributed by atoms with Crippen molar-refractivity contribution >= 4 is 31.9 Å². The molecule has 0 aliphatic rings. The van der Waals surface area contributed by atoms with Crippen LogP contribution >= 0.6 is 31.9 Å². The van der Waals surface area contributed by atoms with Gasteiger partial charge in [-0.2, -0.15) is 5.26 Å². The molecule has 0 atom stereocenters. The molecule has 0 aromatic heterocycles. The van der Waals surface area contributed by atoms with Crippen molar-refractivity contribution in [1.29, 1.82) is 5.26 Å². The number of hydrogen-bond donors (Lipinski definition) is 0. The maximum Gasteiger partial charge on any atom is 0.142 e. The molecular formula is C8H3Br2F2N. The summed E-state index contributed by atoms with van der Waals surface area (Å²) >= 11 is 5.73. The van der Waals surface area contributed by atoms with Crippen LogP contribution in [0.15, 0.2) is 15.0 Å². The van der Waals surface area contributed by atoms with Gasteiger partial charge in [-0.3, -0.25) is 0 Å². The van der Waals surface area contributed by atoms with Crippen molar-refractivity contribution < 1.29 is 8.78 Å². The molecule has 0 unspecified atom stereocenters. The Kier molecular flexibility index (Phi) is 3.40. The van der Waals surface area contributed by atoms with Crippen molar-refractivity contribution in [1.82, 2.24) is 0 Å². The lowest BCUT2D eigenvalue weighted by Gasteiger charge is -2.04. The zero-order valence-corrected chi connectivity index (χ0v) is 9.42. The number of halogens is 4. The van der Waals surface area contributed by atoms with Crippen LogP contribution in [0.2, 0.25) is 0 Å². The van der Waals surface area contributed by atoms with E-state index in [0.717, 1.165) is 6.07 Å². The topological polar surface area (TPSA) is 23.8 Å². The van der Waals surface area contributed by atoms with Gasteiger partial charge >= 0.3 is 0 Å². The number of benzene rings is 1. The summed E-state index contributed by atoms with van der Waals surface area (Å²) in [6.45, 7) is 0. The normalized spacial score (nSPS) is 9.77. The molecule has 0 fully saturated rings. The molecule has 1 nitrogen and oxygen atoms in total. The number of hydrogen-bond acceptors (Lipinski definition) is 1. The third-order valence-electron chi connectivity index (χ3n) is 1.46. The standard InChI is InChI=1S/C8H3Br2F2N/c9-5-3-6(11)7(10)4(1-2-13)8(5)12/h3H,1H2. The van der Waals surface area contributed by atoms with Crippen LogP contribution < -0.4 is 0 Å². The average molecular weight is 311 g/mol. The molecule has 13 heavy (non-hydrogen) atoms. The first-order valence-corrected chi connectivity index (χ1v) is 4.85. The van der Waals surface area contributed by atoms with Crippen LogP contribution in [-0.4, -0.2) is 0 Å². The second kappa shape index (κ2) is 4.16. The predicted molar refractivity (Wildman–Crippen MR) is 51.1 cm³/mol. The van der Waals surface area contributed by atoms with Gasteiger partial charge in [0.05, 0.1) is 21.4 Å². The maximum absolute atomic E-state index is 13.2. The van der Waals surface area contributed by atoms with Gasteiger partial charge < -0.3 is 0 Å². The average Bonchev–Trinajstić information content (AvgIpc) is 2.09. The lowest BCUT2D eigenvalue weighted by molar-refractivity contribution is 0.578. The fraction of sp³-hybridized carbons (Fsp3) is 0.125. The molecule has 0 aliphatic carbocycles. The van der Waals surface area contributed by atoms with Crippen LogP contribution in [-0.2, 0) is 6.42 Å². The van der Waals surface area contributed by atoms with E-state index < -0.39 is 11.6 Å². The number of nitriles is 1. The Labute approximate surface area is 90.6 Å². The van der Waals surface area contributed by atoms with E-state index in [2.05, 4.69) is 31.9 Å². The molecule has 1 rings (SSSR count). The van der Waals surface area contributed by atoms with E-state index in [9.17, 15) is 8.78 Å². The molecule has 0 saturated heterocycles. The molecule has 68 valence electrons. The molecule has 0 amide bonds. The number of rotatable bonds is 1. The fourth-order valence-electron chi connectivity index (χ4n) is 0.857. The smallest absolute Gasteiger partial charge is 0.142 e. The molecule has 0 radical (unpaired) electrons. The Bertz CT molecular complexity index is 358. The van der Waals surface area contributed by atoms with E-state index in [1.165, 1.54) is 0 Å². The van der Waals surface area contributed by atoms with Crippen molar-refractivity contribution in [3.63, 3.8) is 0 Å². The Morgan fingerprint density at radius 1 is 1.38 bits per heavy atom. The lowest BCUT2D eigenvalue weighted by Crippen LogP contribution is -1.95. The maximum atomic E-state index is 13.2. The van der Waals surface area contributed by atoms with Gasteiger partial charge in [0, 0.05) is 5.56 Å². The summed E-state index contributed by atoms with van der Waals surface area (Å²) in [5.74, 6) is -1.19. The summed E-state index contributed by atoms with van der Waals surface area (Å²) in [5, 5.41) is 8.38. The molecule has 1 aromatic rings. The van der Waals surface area contributed by atoms with Crippen LogP contribution in [0.25, 0.3) is 0 Å². The molecule has 0 N–H and O–H groups in total. The molecule has 0 heterocycles. The minimum absolute atomic E-state index is 0.00903. The van der Waals surface area contributed by atoms with Crippen molar-refractivity contribution in [3.05, 3.63) is 32.2 Å². The highest BCUT2D eigenvalue weighted by molar-refractivity contribution is 9.11. The molecular weight excluding hydrogens is 308 g/mol. The monoisotopic (exact) mass is 309 g/mol. The minimum Gasteiger partial charge on any atom is -0.206 e. The third-order valence-corrected chi connectivity index (χ3v) is 2.89. The van der Waals surface area contributed by atoms with Gasteiger partial charge in [0.1, 0.15) is 11.6 Å². The van der Waals surface area contributed by atoms with Crippen molar-refractivity contribution in [2.45, 2.75) is 6.42 Å². The van der Waals surface area contributed by atoms with E-state index in [0.29, 0.717) is 0 Å². The van der Waals surface area contributed by atoms with E-state index >= 15 is 0 Å². The first kappa shape index (κ1) is 10.6.